The molecule has 2 aromatic rings. The molecule has 2 unspecified atom stereocenters. The van der Waals surface area contributed by atoms with Crippen LogP contribution in [0.1, 0.15) is 18.5 Å². The molecule has 0 radical (unpaired) electrons. The highest BCUT2D eigenvalue weighted by Gasteiger charge is 2.22. The lowest BCUT2D eigenvalue weighted by Crippen LogP contribution is -2.30. The first-order chi connectivity index (χ1) is 9.58. The second kappa shape index (κ2) is 6.30. The number of hydrogen-bond donors (Lipinski definition) is 2. The van der Waals surface area contributed by atoms with E-state index < -0.39 is 12.0 Å². The van der Waals surface area contributed by atoms with E-state index in [1.807, 2.05) is 30.3 Å². The van der Waals surface area contributed by atoms with Gasteiger partial charge in [-0.2, -0.15) is 0 Å². The van der Waals surface area contributed by atoms with Gasteiger partial charge in [0.1, 0.15) is 5.82 Å². The number of halogens is 1. The summed E-state index contributed by atoms with van der Waals surface area (Å²) in [7, 11) is 0. The van der Waals surface area contributed by atoms with Gasteiger partial charge in [0.15, 0.2) is 0 Å². The molecule has 2 rings (SSSR count). The van der Waals surface area contributed by atoms with Crippen LogP contribution >= 0.6 is 0 Å². The van der Waals surface area contributed by atoms with Crippen LogP contribution in [0.15, 0.2) is 54.6 Å². The van der Waals surface area contributed by atoms with Crippen molar-refractivity contribution < 1.29 is 9.18 Å². The molecule has 0 bridgehead atoms. The molecular weight excluding hydrogens is 255 g/mol. The molecular formula is C16H17FN2O. The van der Waals surface area contributed by atoms with Gasteiger partial charge < -0.3 is 11.1 Å². The second-order valence-corrected chi connectivity index (χ2v) is 4.72. The van der Waals surface area contributed by atoms with E-state index in [-0.39, 0.29) is 11.7 Å². The van der Waals surface area contributed by atoms with Crippen LogP contribution in [0.25, 0.3) is 0 Å². The number of nitrogens with two attached hydrogens (primary N) is 1. The number of carbonyl (C=O) groups is 1. The van der Waals surface area contributed by atoms with Gasteiger partial charge in [-0.3, -0.25) is 4.79 Å². The maximum Gasteiger partial charge on any atom is 0.229 e. The predicted octanol–water partition coefficient (Wildman–Crippen LogP) is 3.10. The number of amides is 1. The Balaban J connectivity index is 2.05. The van der Waals surface area contributed by atoms with Gasteiger partial charge in [0.2, 0.25) is 5.91 Å². The first kappa shape index (κ1) is 14.2. The molecule has 0 heterocycles. The van der Waals surface area contributed by atoms with Gasteiger partial charge in [-0.05, 0) is 23.8 Å². The number of nitrogens with one attached hydrogen (secondary N) is 1. The van der Waals surface area contributed by atoms with Crippen LogP contribution in [0.4, 0.5) is 10.1 Å². The fourth-order valence-corrected chi connectivity index (χ4v) is 1.95. The zero-order chi connectivity index (χ0) is 14.5. The molecule has 0 aromatic heterocycles. The van der Waals surface area contributed by atoms with Gasteiger partial charge in [-0.15, -0.1) is 0 Å². The lowest BCUT2D eigenvalue weighted by atomic mass is 9.94. The molecule has 2 aromatic carbocycles. The normalized spacial score (nSPS) is 13.6. The van der Waals surface area contributed by atoms with Gasteiger partial charge in [0.25, 0.3) is 0 Å². The number of anilines is 1. The van der Waals surface area contributed by atoms with Crippen LogP contribution < -0.4 is 11.1 Å². The van der Waals surface area contributed by atoms with Crippen LogP contribution in [-0.4, -0.2) is 5.91 Å². The maximum absolute atomic E-state index is 13.1. The van der Waals surface area contributed by atoms with Crippen molar-refractivity contribution >= 4 is 11.6 Å². The lowest BCUT2D eigenvalue weighted by molar-refractivity contribution is -0.120. The summed E-state index contributed by atoms with van der Waals surface area (Å²) in [6, 6.07) is 14.8. The number of carbonyl (C=O) groups excluding carboxylic acids is 1. The van der Waals surface area contributed by atoms with Crippen molar-refractivity contribution in [1.29, 1.82) is 0 Å². The zero-order valence-electron chi connectivity index (χ0n) is 11.2. The minimum absolute atomic E-state index is 0.230. The van der Waals surface area contributed by atoms with Crippen molar-refractivity contribution in [2.24, 2.45) is 11.7 Å². The second-order valence-electron chi connectivity index (χ2n) is 4.72. The molecule has 1 amide bonds. The summed E-state index contributed by atoms with van der Waals surface area (Å²) in [5.74, 6) is -1.03. The van der Waals surface area contributed by atoms with Crippen molar-refractivity contribution in [2.75, 3.05) is 5.32 Å². The van der Waals surface area contributed by atoms with Crippen LogP contribution in [0, 0.1) is 11.7 Å². The Morgan fingerprint density at radius 1 is 1.15 bits per heavy atom. The molecule has 0 aliphatic heterocycles. The summed E-state index contributed by atoms with van der Waals surface area (Å²) in [5.41, 5.74) is 7.42. The Bertz CT molecular complexity index is 586. The average molecular weight is 272 g/mol. The minimum atomic E-state index is -0.416. The molecule has 2 atom stereocenters. The summed E-state index contributed by atoms with van der Waals surface area (Å²) in [5, 5.41) is 2.67. The van der Waals surface area contributed by atoms with Crippen LogP contribution in [0.2, 0.25) is 0 Å². The molecule has 3 N–H and O–H groups in total. The summed E-state index contributed by atoms with van der Waals surface area (Å²) >= 11 is 0. The predicted molar refractivity (Wildman–Crippen MR) is 77.6 cm³/mol. The van der Waals surface area contributed by atoms with E-state index in [0.29, 0.717) is 5.69 Å². The maximum atomic E-state index is 13.1. The summed E-state index contributed by atoms with van der Waals surface area (Å²) in [6.45, 7) is 1.76. The van der Waals surface area contributed by atoms with Crippen LogP contribution in [0.3, 0.4) is 0 Å². The van der Waals surface area contributed by atoms with Crippen molar-refractivity contribution in [3.05, 3.63) is 66.0 Å². The fourth-order valence-electron chi connectivity index (χ4n) is 1.95. The highest BCUT2D eigenvalue weighted by Crippen LogP contribution is 2.21. The molecule has 4 heteroatoms. The van der Waals surface area contributed by atoms with Gasteiger partial charge >= 0.3 is 0 Å². The van der Waals surface area contributed by atoms with Gasteiger partial charge in [0.05, 0.1) is 5.92 Å². The Morgan fingerprint density at radius 2 is 1.85 bits per heavy atom. The van der Waals surface area contributed by atoms with E-state index in [4.69, 9.17) is 5.73 Å². The minimum Gasteiger partial charge on any atom is -0.326 e. The molecule has 3 nitrogen and oxygen atoms in total. The average Bonchev–Trinajstić information content (AvgIpc) is 2.46. The third-order valence-corrected chi connectivity index (χ3v) is 3.23. The highest BCUT2D eigenvalue weighted by atomic mass is 19.1. The highest BCUT2D eigenvalue weighted by molar-refractivity contribution is 5.92. The smallest absolute Gasteiger partial charge is 0.229 e. The Morgan fingerprint density at radius 3 is 2.50 bits per heavy atom. The Labute approximate surface area is 117 Å². The molecule has 0 spiro atoms. The van der Waals surface area contributed by atoms with E-state index in [1.165, 1.54) is 12.1 Å². The summed E-state index contributed by atoms with van der Waals surface area (Å²) < 4.78 is 13.1. The monoisotopic (exact) mass is 272 g/mol. The van der Waals surface area contributed by atoms with Crippen molar-refractivity contribution in [3.8, 4) is 0 Å². The largest absolute Gasteiger partial charge is 0.326 e. The summed E-state index contributed by atoms with van der Waals surface area (Å²) in [4.78, 5) is 12.1. The van der Waals surface area contributed by atoms with Crippen LogP contribution in [-0.2, 0) is 4.79 Å². The van der Waals surface area contributed by atoms with Crippen molar-refractivity contribution in [2.45, 2.75) is 13.0 Å². The van der Waals surface area contributed by atoms with Gasteiger partial charge in [-0.25, -0.2) is 4.39 Å². The van der Waals surface area contributed by atoms with E-state index in [9.17, 15) is 9.18 Å². The third kappa shape index (κ3) is 3.42. The van der Waals surface area contributed by atoms with E-state index in [0.717, 1.165) is 5.56 Å². The Hall–Kier alpha value is -2.20. The van der Waals surface area contributed by atoms with E-state index in [2.05, 4.69) is 5.32 Å². The first-order valence-electron chi connectivity index (χ1n) is 6.45. The number of hydrogen-bond acceptors (Lipinski definition) is 2. The summed E-state index contributed by atoms with van der Waals surface area (Å²) in [6.07, 6.45) is 0. The fraction of sp³-hybridized carbons (Fsp3) is 0.188. The van der Waals surface area contributed by atoms with E-state index >= 15 is 0 Å². The molecule has 0 saturated carbocycles. The van der Waals surface area contributed by atoms with E-state index in [1.54, 1.807) is 19.1 Å². The molecule has 0 aliphatic carbocycles. The topological polar surface area (TPSA) is 55.1 Å². The lowest BCUT2D eigenvalue weighted by Gasteiger charge is -2.19. The van der Waals surface area contributed by atoms with Crippen LogP contribution in [0.5, 0.6) is 0 Å². The van der Waals surface area contributed by atoms with Crippen molar-refractivity contribution in [3.63, 3.8) is 0 Å². The third-order valence-electron chi connectivity index (χ3n) is 3.23. The molecule has 0 saturated heterocycles. The van der Waals surface area contributed by atoms with Crippen molar-refractivity contribution in [1.82, 2.24) is 0 Å². The molecule has 0 fully saturated rings. The Kier molecular flexibility index (Phi) is 4.48. The molecule has 0 aliphatic rings. The first-order valence-corrected chi connectivity index (χ1v) is 6.45. The number of rotatable bonds is 4. The standard InChI is InChI=1S/C16H17FN2O/c1-11(15(18)12-6-3-2-4-7-12)16(20)19-14-9-5-8-13(17)10-14/h2-11,15H,18H2,1H3,(H,19,20). The van der Waals surface area contributed by atoms with Gasteiger partial charge in [0, 0.05) is 11.7 Å². The quantitative estimate of drug-likeness (QED) is 0.898. The van der Waals surface area contributed by atoms with Gasteiger partial charge in [-0.1, -0.05) is 43.3 Å². The number of benzene rings is 2. The molecule has 104 valence electrons. The SMILES string of the molecule is CC(C(=O)Nc1cccc(F)c1)C(N)c1ccccc1. The zero-order valence-corrected chi connectivity index (χ0v) is 11.2. The molecule has 20 heavy (non-hydrogen) atoms.